The fourth-order valence-corrected chi connectivity index (χ4v) is 0.667. The molecule has 0 heterocycles. The van der Waals surface area contributed by atoms with Crippen LogP contribution in [0.3, 0.4) is 0 Å². The zero-order chi connectivity index (χ0) is 10.6. The summed E-state index contributed by atoms with van der Waals surface area (Å²) in [6.45, 7) is 17.9. The maximum atomic E-state index is 3.36. The molecule has 0 aromatic heterocycles. The van der Waals surface area contributed by atoms with Gasteiger partial charge in [0.15, 0.2) is 0 Å². The molecule has 0 saturated heterocycles. The van der Waals surface area contributed by atoms with E-state index in [-0.39, 0.29) is 0 Å². The van der Waals surface area contributed by atoms with Gasteiger partial charge in [0.05, 0.1) is 0 Å². The van der Waals surface area contributed by atoms with Crippen molar-refractivity contribution in [3.8, 4) is 0 Å². The van der Waals surface area contributed by atoms with Crippen molar-refractivity contribution in [2.45, 2.75) is 60.5 Å². The van der Waals surface area contributed by atoms with Gasteiger partial charge in [-0.2, -0.15) is 0 Å². The van der Waals surface area contributed by atoms with E-state index < -0.39 is 0 Å². The second kappa shape index (κ2) is 17.0. The Hall–Kier alpha value is -0.300. The lowest BCUT2D eigenvalue weighted by molar-refractivity contribution is 0.518. The van der Waals surface area contributed by atoms with Crippen LogP contribution in [-0.4, -0.2) is 12.1 Å². The van der Waals surface area contributed by atoms with Crippen LogP contribution in [-0.2, 0) is 0 Å². The molecule has 0 aliphatic carbocycles. The Morgan fingerprint density at radius 2 is 1.17 bits per heavy atom. The van der Waals surface area contributed by atoms with Crippen LogP contribution in [0.15, 0.2) is 12.7 Å². The first-order valence-corrected chi connectivity index (χ1v) is 4.87. The summed E-state index contributed by atoms with van der Waals surface area (Å²) in [6.07, 6.45) is 1.75. The Labute approximate surface area is 79.3 Å². The lowest BCUT2D eigenvalue weighted by Crippen LogP contribution is -2.29. The van der Waals surface area contributed by atoms with E-state index in [9.17, 15) is 0 Å². The van der Waals surface area contributed by atoms with Gasteiger partial charge in [-0.25, -0.2) is 0 Å². The first kappa shape index (κ1) is 17.7. The van der Waals surface area contributed by atoms with Crippen molar-refractivity contribution in [1.82, 2.24) is 5.32 Å². The van der Waals surface area contributed by atoms with E-state index in [4.69, 9.17) is 0 Å². The molecule has 0 aliphatic rings. The van der Waals surface area contributed by atoms with Gasteiger partial charge in [-0.1, -0.05) is 47.6 Å². The number of hydrogen-bond donors (Lipinski definition) is 1. The maximum Gasteiger partial charge on any atom is 0.00127 e. The molecule has 0 rings (SSSR count). The van der Waals surface area contributed by atoms with Gasteiger partial charge in [-0.3, -0.25) is 0 Å². The number of nitrogens with one attached hydrogen (secondary N) is 1. The molecule has 0 spiro atoms. The van der Waals surface area contributed by atoms with Gasteiger partial charge < -0.3 is 5.32 Å². The molecule has 0 aromatic carbocycles. The molecule has 1 nitrogen and oxygen atoms in total. The van der Waals surface area contributed by atoms with Gasteiger partial charge in [0.25, 0.3) is 0 Å². The van der Waals surface area contributed by atoms with E-state index in [2.05, 4.69) is 39.6 Å². The van der Waals surface area contributed by atoms with Crippen LogP contribution in [0.1, 0.15) is 48.5 Å². The summed E-state index contributed by atoms with van der Waals surface area (Å²) in [5, 5.41) is 3.31. The molecule has 0 saturated carbocycles. The van der Waals surface area contributed by atoms with Crippen molar-refractivity contribution < 1.29 is 0 Å². The molecule has 12 heavy (non-hydrogen) atoms. The van der Waals surface area contributed by atoms with Crippen molar-refractivity contribution in [3.63, 3.8) is 0 Å². The standard InChI is InChI=1S/C6H15N.C3H6.C2H6/c1-5(2)7-6(3)4;1-3-2;1-2/h5-7H,1-4H3;3H,1H2,2H3;1-2H3. The van der Waals surface area contributed by atoms with Gasteiger partial charge in [-0.05, 0) is 6.92 Å². The maximum absolute atomic E-state index is 3.36. The Morgan fingerprint density at radius 3 is 1.17 bits per heavy atom. The molecule has 0 aromatic rings. The highest BCUT2D eigenvalue weighted by Crippen LogP contribution is 1.80. The minimum Gasteiger partial charge on any atom is -0.312 e. The highest BCUT2D eigenvalue weighted by molar-refractivity contribution is 4.55. The minimum atomic E-state index is 0.625. The summed E-state index contributed by atoms with van der Waals surface area (Å²) >= 11 is 0. The van der Waals surface area contributed by atoms with E-state index >= 15 is 0 Å². The van der Waals surface area contributed by atoms with E-state index in [0.717, 1.165) is 0 Å². The highest BCUT2D eigenvalue weighted by atomic mass is 14.9. The van der Waals surface area contributed by atoms with Gasteiger partial charge in [0.2, 0.25) is 0 Å². The molecular weight excluding hydrogens is 146 g/mol. The Balaban J connectivity index is -0.000000137. The van der Waals surface area contributed by atoms with Crippen molar-refractivity contribution >= 4 is 0 Å². The predicted octanol–water partition coefficient (Wildman–Crippen LogP) is 3.61. The van der Waals surface area contributed by atoms with Crippen LogP contribution in [0.5, 0.6) is 0 Å². The number of allylic oxidation sites excluding steroid dienone is 1. The lowest BCUT2D eigenvalue weighted by Gasteiger charge is -2.10. The lowest BCUT2D eigenvalue weighted by atomic mass is 10.3. The summed E-state index contributed by atoms with van der Waals surface area (Å²) in [5.74, 6) is 0. The smallest absolute Gasteiger partial charge is 0.00127 e. The fourth-order valence-electron chi connectivity index (χ4n) is 0.667. The summed E-state index contributed by atoms with van der Waals surface area (Å²) < 4.78 is 0. The van der Waals surface area contributed by atoms with Crippen LogP contribution in [0.25, 0.3) is 0 Å². The van der Waals surface area contributed by atoms with Gasteiger partial charge in [-0.15, -0.1) is 6.58 Å². The van der Waals surface area contributed by atoms with Crippen molar-refractivity contribution in [3.05, 3.63) is 12.7 Å². The van der Waals surface area contributed by atoms with E-state index in [1.54, 1.807) is 6.08 Å². The third kappa shape index (κ3) is 53.6. The average Bonchev–Trinajstić information content (AvgIpc) is 1.90. The van der Waals surface area contributed by atoms with Crippen LogP contribution in [0.4, 0.5) is 0 Å². The van der Waals surface area contributed by atoms with Gasteiger partial charge >= 0.3 is 0 Å². The van der Waals surface area contributed by atoms with Crippen LogP contribution in [0.2, 0.25) is 0 Å². The first-order valence-electron chi connectivity index (χ1n) is 4.87. The molecule has 0 radical (unpaired) electrons. The molecular formula is C11H27N. The topological polar surface area (TPSA) is 12.0 Å². The summed E-state index contributed by atoms with van der Waals surface area (Å²) in [7, 11) is 0. The summed E-state index contributed by atoms with van der Waals surface area (Å²) in [4.78, 5) is 0. The molecule has 1 heteroatoms. The number of rotatable bonds is 2. The Kier molecular flexibility index (Phi) is 25.0. The van der Waals surface area contributed by atoms with E-state index in [1.165, 1.54) is 0 Å². The molecule has 0 unspecified atom stereocenters. The third-order valence-electron chi connectivity index (χ3n) is 0.667. The normalized spacial score (nSPS) is 8.08. The third-order valence-corrected chi connectivity index (χ3v) is 0.667. The quantitative estimate of drug-likeness (QED) is 0.629. The molecule has 0 atom stereocenters. The number of hydrogen-bond acceptors (Lipinski definition) is 1. The van der Waals surface area contributed by atoms with Gasteiger partial charge in [0, 0.05) is 12.1 Å². The predicted molar refractivity (Wildman–Crippen MR) is 60.6 cm³/mol. The minimum absolute atomic E-state index is 0.625. The zero-order valence-corrected chi connectivity index (χ0v) is 9.94. The molecule has 0 bridgehead atoms. The first-order chi connectivity index (χ1) is 5.54. The average molecular weight is 173 g/mol. The molecule has 0 fully saturated rings. The Morgan fingerprint density at radius 1 is 1.00 bits per heavy atom. The molecule has 76 valence electrons. The van der Waals surface area contributed by atoms with Crippen LogP contribution >= 0.6 is 0 Å². The van der Waals surface area contributed by atoms with Crippen LogP contribution < -0.4 is 5.32 Å². The van der Waals surface area contributed by atoms with Gasteiger partial charge in [0.1, 0.15) is 0 Å². The molecule has 0 amide bonds. The monoisotopic (exact) mass is 173 g/mol. The molecule has 1 N–H and O–H groups in total. The summed E-state index contributed by atoms with van der Waals surface area (Å²) in [6, 6.07) is 1.25. The molecule has 0 aliphatic heterocycles. The second-order valence-electron chi connectivity index (χ2n) is 2.88. The fraction of sp³-hybridized carbons (Fsp3) is 0.818. The van der Waals surface area contributed by atoms with Crippen molar-refractivity contribution in [2.24, 2.45) is 0 Å². The highest BCUT2D eigenvalue weighted by Gasteiger charge is 1.92. The Bertz CT molecular complexity index is 59.4. The van der Waals surface area contributed by atoms with Crippen molar-refractivity contribution in [2.75, 3.05) is 0 Å². The zero-order valence-electron chi connectivity index (χ0n) is 9.94. The SMILES string of the molecule is C=CC.CC.CC(C)NC(C)C. The van der Waals surface area contributed by atoms with E-state index in [1.807, 2.05) is 20.8 Å². The van der Waals surface area contributed by atoms with E-state index in [0.29, 0.717) is 12.1 Å². The van der Waals surface area contributed by atoms with Crippen LogP contribution in [0, 0.1) is 0 Å². The summed E-state index contributed by atoms with van der Waals surface area (Å²) in [5.41, 5.74) is 0. The van der Waals surface area contributed by atoms with Crippen molar-refractivity contribution in [1.29, 1.82) is 0 Å². The largest absolute Gasteiger partial charge is 0.312 e. The second-order valence-corrected chi connectivity index (χ2v) is 2.88.